The van der Waals surface area contributed by atoms with E-state index in [-0.39, 0.29) is 12.1 Å². The Morgan fingerprint density at radius 1 is 1.29 bits per heavy atom. The average Bonchev–Trinajstić information content (AvgIpc) is 2.59. The van der Waals surface area contributed by atoms with Crippen molar-refractivity contribution in [1.82, 2.24) is 10.4 Å². The first-order chi connectivity index (χ1) is 11.5. The van der Waals surface area contributed by atoms with Crippen molar-refractivity contribution in [1.29, 1.82) is 0 Å². The van der Waals surface area contributed by atoms with E-state index in [2.05, 4.69) is 15.5 Å². The number of carboxylic acids is 1. The molecule has 24 heavy (non-hydrogen) atoms. The van der Waals surface area contributed by atoms with Crippen LogP contribution in [0.15, 0.2) is 47.7 Å². The number of nitrogens with zero attached hydrogens (tertiary/aromatic N) is 2. The Morgan fingerprint density at radius 3 is 2.71 bits per heavy atom. The molecule has 0 saturated heterocycles. The fourth-order valence-corrected chi connectivity index (χ4v) is 2.05. The summed E-state index contributed by atoms with van der Waals surface area (Å²) in [6.45, 7) is 1.70. The molecule has 0 radical (unpaired) electrons. The highest BCUT2D eigenvalue weighted by Crippen LogP contribution is 2.20. The number of aliphatic carboxylic acids is 1. The molecule has 0 atom stereocenters. The van der Waals surface area contributed by atoms with Crippen LogP contribution in [0, 0.1) is 0 Å². The molecule has 7 heteroatoms. The van der Waals surface area contributed by atoms with Gasteiger partial charge in [-0.25, -0.2) is 5.43 Å². The number of benzene rings is 1. The fourth-order valence-electron chi connectivity index (χ4n) is 2.05. The van der Waals surface area contributed by atoms with Gasteiger partial charge in [-0.2, -0.15) is 5.10 Å². The fraction of sp³-hybridized carbons (Fsp3) is 0.176. The van der Waals surface area contributed by atoms with E-state index in [1.165, 1.54) is 13.3 Å². The van der Waals surface area contributed by atoms with Crippen LogP contribution in [0.3, 0.4) is 0 Å². The molecule has 7 nitrogen and oxygen atoms in total. The predicted molar refractivity (Wildman–Crippen MR) is 85.6 cm³/mol. The van der Waals surface area contributed by atoms with Crippen molar-refractivity contribution in [2.24, 2.45) is 5.10 Å². The van der Waals surface area contributed by atoms with Gasteiger partial charge >= 0.3 is 0 Å². The molecule has 0 bridgehead atoms. The van der Waals surface area contributed by atoms with Crippen molar-refractivity contribution in [3.8, 4) is 5.75 Å². The number of nitrogens with one attached hydrogen (secondary N) is 1. The van der Waals surface area contributed by atoms with E-state index >= 15 is 0 Å². The summed E-state index contributed by atoms with van der Waals surface area (Å²) >= 11 is 0. The lowest BCUT2D eigenvalue weighted by molar-refractivity contribution is -0.304. The minimum atomic E-state index is -1.21. The highest BCUT2D eigenvalue weighted by molar-refractivity contribution is 6.00. The summed E-state index contributed by atoms with van der Waals surface area (Å²) in [5.41, 5.74) is 4.31. The zero-order valence-corrected chi connectivity index (χ0v) is 13.3. The van der Waals surface area contributed by atoms with Crippen LogP contribution in [0.5, 0.6) is 5.75 Å². The third-order valence-corrected chi connectivity index (χ3v) is 3.26. The van der Waals surface area contributed by atoms with Crippen molar-refractivity contribution in [2.75, 3.05) is 7.11 Å². The number of carbonyl (C=O) groups is 2. The monoisotopic (exact) mass is 326 g/mol. The lowest BCUT2D eigenvalue weighted by atomic mass is 10.0. The zero-order chi connectivity index (χ0) is 17.5. The number of hydrazone groups is 1. The maximum atomic E-state index is 11.9. The zero-order valence-electron chi connectivity index (χ0n) is 13.3. The average molecular weight is 326 g/mol. The molecule has 0 saturated carbocycles. The summed E-state index contributed by atoms with van der Waals surface area (Å²) in [7, 11) is 1.46. The van der Waals surface area contributed by atoms with Crippen LogP contribution in [0.25, 0.3) is 0 Å². The maximum absolute atomic E-state index is 11.9. The van der Waals surface area contributed by atoms with E-state index in [0.717, 1.165) is 0 Å². The lowest BCUT2D eigenvalue weighted by Crippen LogP contribution is -2.24. The minimum absolute atomic E-state index is 0.251. The number of carbonyl (C=O) groups excluding carboxylic acids is 2. The SMILES string of the molecule is COc1ccc(/C(C)=N\NC(=O)c2ccccn2)cc1CC(=O)[O-]. The molecule has 2 aromatic rings. The Labute approximate surface area is 139 Å². The number of amides is 1. The van der Waals surface area contributed by atoms with Crippen LogP contribution in [0.2, 0.25) is 0 Å². The van der Waals surface area contributed by atoms with Gasteiger partial charge < -0.3 is 14.6 Å². The molecule has 0 aliphatic carbocycles. The van der Waals surface area contributed by atoms with E-state index in [1.54, 1.807) is 43.3 Å². The topological polar surface area (TPSA) is 104 Å². The Morgan fingerprint density at radius 2 is 2.08 bits per heavy atom. The van der Waals surface area contributed by atoms with Gasteiger partial charge in [0.25, 0.3) is 5.91 Å². The number of hydrogen-bond donors (Lipinski definition) is 1. The van der Waals surface area contributed by atoms with Crippen molar-refractivity contribution in [3.63, 3.8) is 0 Å². The molecule has 0 unspecified atom stereocenters. The van der Waals surface area contributed by atoms with Crippen LogP contribution in [-0.2, 0) is 11.2 Å². The largest absolute Gasteiger partial charge is 0.550 e. The van der Waals surface area contributed by atoms with Crippen LogP contribution < -0.4 is 15.3 Å². The highest BCUT2D eigenvalue weighted by atomic mass is 16.5. The normalized spacial score (nSPS) is 11.0. The van der Waals surface area contributed by atoms with Gasteiger partial charge in [-0.1, -0.05) is 6.07 Å². The predicted octanol–water partition coefficient (Wildman–Crippen LogP) is 0.537. The number of carboxylic acid groups (broad SMARTS) is 1. The molecule has 0 spiro atoms. The third kappa shape index (κ3) is 4.39. The molecule has 1 aromatic carbocycles. The quantitative estimate of drug-likeness (QED) is 0.616. The van der Waals surface area contributed by atoms with Gasteiger partial charge in [0.1, 0.15) is 11.4 Å². The molecule has 2 rings (SSSR count). The smallest absolute Gasteiger partial charge is 0.289 e. The number of ether oxygens (including phenoxy) is 1. The molecule has 1 N–H and O–H groups in total. The van der Waals surface area contributed by atoms with Crippen molar-refractivity contribution < 1.29 is 19.4 Å². The van der Waals surface area contributed by atoms with E-state index in [9.17, 15) is 14.7 Å². The summed E-state index contributed by atoms with van der Waals surface area (Å²) in [5.74, 6) is -1.19. The number of aromatic nitrogens is 1. The van der Waals surface area contributed by atoms with Crippen LogP contribution in [-0.4, -0.2) is 29.7 Å². The summed E-state index contributed by atoms with van der Waals surface area (Å²) in [6.07, 6.45) is 1.24. The molecule has 124 valence electrons. The summed E-state index contributed by atoms with van der Waals surface area (Å²) in [4.78, 5) is 26.7. The molecule has 1 aromatic heterocycles. The maximum Gasteiger partial charge on any atom is 0.289 e. The van der Waals surface area contributed by atoms with Crippen LogP contribution in [0.1, 0.15) is 28.5 Å². The van der Waals surface area contributed by atoms with E-state index < -0.39 is 11.9 Å². The van der Waals surface area contributed by atoms with Gasteiger partial charge in [-0.15, -0.1) is 0 Å². The Bertz CT molecular complexity index is 773. The van der Waals surface area contributed by atoms with Gasteiger partial charge in [-0.05, 0) is 42.8 Å². The van der Waals surface area contributed by atoms with Crippen molar-refractivity contribution in [3.05, 3.63) is 59.4 Å². The first kappa shape index (κ1) is 17.1. The number of pyridine rings is 1. The van der Waals surface area contributed by atoms with Gasteiger partial charge in [0.15, 0.2) is 0 Å². The van der Waals surface area contributed by atoms with E-state index in [0.29, 0.717) is 22.6 Å². The second-order valence-electron chi connectivity index (χ2n) is 4.93. The van der Waals surface area contributed by atoms with Gasteiger partial charge in [-0.3, -0.25) is 9.78 Å². The summed E-state index contributed by atoms with van der Waals surface area (Å²) in [6, 6.07) is 10.00. The van der Waals surface area contributed by atoms with Crippen molar-refractivity contribution >= 4 is 17.6 Å². The van der Waals surface area contributed by atoms with Crippen LogP contribution >= 0.6 is 0 Å². The molecule has 1 heterocycles. The third-order valence-electron chi connectivity index (χ3n) is 3.26. The molecule has 1 amide bonds. The molecular weight excluding hydrogens is 310 g/mol. The number of rotatable bonds is 6. The Balaban J connectivity index is 2.18. The van der Waals surface area contributed by atoms with Gasteiger partial charge in [0.05, 0.1) is 12.8 Å². The van der Waals surface area contributed by atoms with E-state index in [1.807, 2.05) is 0 Å². The van der Waals surface area contributed by atoms with Crippen molar-refractivity contribution in [2.45, 2.75) is 13.3 Å². The highest BCUT2D eigenvalue weighted by Gasteiger charge is 2.08. The lowest BCUT2D eigenvalue weighted by Gasteiger charge is -2.11. The van der Waals surface area contributed by atoms with E-state index in [4.69, 9.17) is 4.74 Å². The Hall–Kier alpha value is -3.22. The van der Waals surface area contributed by atoms with Gasteiger partial charge in [0, 0.05) is 24.2 Å². The summed E-state index contributed by atoms with van der Waals surface area (Å²) in [5, 5.41) is 14.8. The van der Waals surface area contributed by atoms with Gasteiger partial charge in [0.2, 0.25) is 0 Å². The summed E-state index contributed by atoms with van der Waals surface area (Å²) < 4.78 is 5.13. The molecule has 0 aliphatic heterocycles. The molecule has 0 fully saturated rings. The standard InChI is InChI=1S/C17H17N3O4/c1-11(19-20-17(23)14-5-3-4-8-18-14)12-6-7-15(24-2)13(9-12)10-16(21)22/h3-9H,10H2,1-2H3,(H,20,23)(H,21,22)/p-1/b19-11-. The first-order valence-corrected chi connectivity index (χ1v) is 7.14. The number of hydrogen-bond acceptors (Lipinski definition) is 6. The van der Waals surface area contributed by atoms with Crippen LogP contribution in [0.4, 0.5) is 0 Å². The second kappa shape index (κ2) is 7.87. The molecule has 0 aliphatic rings. The Kier molecular flexibility index (Phi) is 5.62. The molecular formula is C17H16N3O4-. The minimum Gasteiger partial charge on any atom is -0.550 e. The number of methoxy groups -OCH3 is 1. The second-order valence-corrected chi connectivity index (χ2v) is 4.93. The first-order valence-electron chi connectivity index (χ1n) is 7.14.